The first-order chi connectivity index (χ1) is 9.53. The van der Waals surface area contributed by atoms with E-state index in [-0.39, 0.29) is 17.5 Å². The lowest BCUT2D eigenvalue weighted by Gasteiger charge is -2.38. The van der Waals surface area contributed by atoms with E-state index in [1.165, 1.54) is 32.1 Å². The van der Waals surface area contributed by atoms with Crippen LogP contribution in [0.15, 0.2) is 12.2 Å². The van der Waals surface area contributed by atoms with E-state index < -0.39 is 0 Å². The molecular weight excluding hydrogens is 248 g/mol. The fourth-order valence-corrected chi connectivity index (χ4v) is 5.56. The maximum atomic E-state index is 12.6. The number of hydrogen-bond donors (Lipinski definition) is 0. The zero-order valence-corrected chi connectivity index (χ0v) is 12.7. The second-order valence-electron chi connectivity index (χ2n) is 8.19. The molecule has 4 aliphatic carbocycles. The molecule has 4 bridgehead atoms. The Morgan fingerprint density at radius 1 is 1.10 bits per heavy atom. The highest BCUT2D eigenvalue weighted by atomic mass is 16.6. The van der Waals surface area contributed by atoms with Crippen molar-refractivity contribution in [3.05, 3.63) is 12.2 Å². The van der Waals surface area contributed by atoms with E-state index in [1.807, 2.05) is 0 Å². The van der Waals surface area contributed by atoms with Crippen LogP contribution < -0.4 is 0 Å². The van der Waals surface area contributed by atoms with E-state index >= 15 is 0 Å². The second kappa shape index (κ2) is 4.35. The van der Waals surface area contributed by atoms with Crippen LogP contribution in [-0.4, -0.2) is 11.6 Å². The van der Waals surface area contributed by atoms with Gasteiger partial charge in [-0.3, -0.25) is 4.79 Å². The van der Waals surface area contributed by atoms with E-state index in [2.05, 4.69) is 26.0 Å². The molecule has 0 heterocycles. The van der Waals surface area contributed by atoms with Crippen molar-refractivity contribution >= 4 is 5.97 Å². The lowest BCUT2D eigenvalue weighted by atomic mass is 9.78. The third-order valence-corrected chi connectivity index (χ3v) is 6.58. The molecule has 4 aliphatic rings. The largest absolute Gasteiger partial charge is 0.459 e. The number of carbonyl (C=O) groups is 1. The van der Waals surface area contributed by atoms with Gasteiger partial charge in [0.15, 0.2) is 0 Å². The van der Waals surface area contributed by atoms with Crippen LogP contribution in [0.25, 0.3) is 0 Å². The first-order valence-corrected chi connectivity index (χ1v) is 8.44. The molecule has 0 spiro atoms. The van der Waals surface area contributed by atoms with Gasteiger partial charge in [0.25, 0.3) is 0 Å². The molecule has 6 unspecified atom stereocenters. The minimum Gasteiger partial charge on any atom is -0.459 e. The Morgan fingerprint density at radius 2 is 1.95 bits per heavy atom. The van der Waals surface area contributed by atoms with Crippen molar-refractivity contribution in [1.29, 1.82) is 0 Å². The van der Waals surface area contributed by atoms with E-state index in [0.717, 1.165) is 18.3 Å². The third-order valence-electron chi connectivity index (χ3n) is 6.58. The van der Waals surface area contributed by atoms with Gasteiger partial charge in [0, 0.05) is 5.92 Å². The average Bonchev–Trinajstić information content (AvgIpc) is 3.17. The highest BCUT2D eigenvalue weighted by Crippen LogP contribution is 2.53. The van der Waals surface area contributed by atoms with Gasteiger partial charge in [-0.2, -0.15) is 0 Å². The van der Waals surface area contributed by atoms with E-state index in [4.69, 9.17) is 4.74 Å². The SMILES string of the molecule is CC(C)(OC(=O)C1CC2C=CC1C2)C1CC2CCC1C2. The summed E-state index contributed by atoms with van der Waals surface area (Å²) in [4.78, 5) is 12.6. The number of rotatable bonds is 3. The van der Waals surface area contributed by atoms with Crippen LogP contribution >= 0.6 is 0 Å². The normalized spacial score (nSPS) is 45.3. The molecule has 3 saturated carbocycles. The van der Waals surface area contributed by atoms with Gasteiger partial charge < -0.3 is 4.74 Å². The summed E-state index contributed by atoms with van der Waals surface area (Å²) in [6, 6.07) is 0. The predicted molar refractivity (Wildman–Crippen MR) is 78.0 cm³/mol. The van der Waals surface area contributed by atoms with Crippen molar-refractivity contribution in [3.8, 4) is 0 Å². The van der Waals surface area contributed by atoms with Crippen molar-refractivity contribution in [2.75, 3.05) is 0 Å². The number of allylic oxidation sites excluding steroid dienone is 2. The fraction of sp³-hybridized carbons (Fsp3) is 0.833. The Bertz CT molecular complexity index is 450. The molecule has 0 amide bonds. The van der Waals surface area contributed by atoms with Gasteiger partial charge in [0.1, 0.15) is 5.60 Å². The maximum absolute atomic E-state index is 12.6. The standard InChI is InChI=1S/C18H26O2/c1-18(2,16-10-12-4-6-14(16)8-12)20-17(19)15-9-11-3-5-13(15)7-11/h3,5,11-16H,4,6-10H2,1-2H3. The van der Waals surface area contributed by atoms with Gasteiger partial charge in [0.2, 0.25) is 0 Å². The molecule has 20 heavy (non-hydrogen) atoms. The molecule has 110 valence electrons. The minimum atomic E-state index is -0.261. The quantitative estimate of drug-likeness (QED) is 0.575. The first kappa shape index (κ1) is 12.9. The highest BCUT2D eigenvalue weighted by Gasteiger charge is 2.49. The molecule has 0 aromatic rings. The fourth-order valence-electron chi connectivity index (χ4n) is 5.56. The van der Waals surface area contributed by atoms with Crippen LogP contribution in [0.4, 0.5) is 0 Å². The van der Waals surface area contributed by atoms with Crippen LogP contribution in [0.1, 0.15) is 52.4 Å². The lowest BCUT2D eigenvalue weighted by Crippen LogP contribution is -2.41. The summed E-state index contributed by atoms with van der Waals surface area (Å²) >= 11 is 0. The summed E-state index contributed by atoms with van der Waals surface area (Å²) in [5, 5.41) is 0. The Kier molecular flexibility index (Phi) is 2.81. The third kappa shape index (κ3) is 1.95. The Hall–Kier alpha value is -0.790. The molecular formula is C18H26O2. The Morgan fingerprint density at radius 3 is 2.50 bits per heavy atom. The van der Waals surface area contributed by atoms with Gasteiger partial charge in [-0.05, 0) is 69.6 Å². The molecule has 3 fully saturated rings. The molecule has 0 radical (unpaired) electrons. The van der Waals surface area contributed by atoms with Gasteiger partial charge in [-0.25, -0.2) is 0 Å². The Balaban J connectivity index is 1.42. The monoisotopic (exact) mass is 274 g/mol. The number of ether oxygens (including phenoxy) is 1. The van der Waals surface area contributed by atoms with Gasteiger partial charge >= 0.3 is 5.97 Å². The van der Waals surface area contributed by atoms with Crippen molar-refractivity contribution in [1.82, 2.24) is 0 Å². The molecule has 0 aliphatic heterocycles. The molecule has 0 saturated heterocycles. The van der Waals surface area contributed by atoms with Crippen LogP contribution in [0.3, 0.4) is 0 Å². The lowest BCUT2D eigenvalue weighted by molar-refractivity contribution is -0.170. The second-order valence-corrected chi connectivity index (χ2v) is 8.19. The van der Waals surface area contributed by atoms with Crippen molar-refractivity contribution in [2.24, 2.45) is 35.5 Å². The smallest absolute Gasteiger partial charge is 0.310 e. The Labute approximate surface area is 122 Å². The van der Waals surface area contributed by atoms with E-state index in [0.29, 0.717) is 17.8 Å². The highest BCUT2D eigenvalue weighted by molar-refractivity contribution is 5.74. The van der Waals surface area contributed by atoms with Crippen LogP contribution in [0.5, 0.6) is 0 Å². The zero-order valence-electron chi connectivity index (χ0n) is 12.7. The average molecular weight is 274 g/mol. The summed E-state index contributed by atoms with van der Waals surface area (Å²) < 4.78 is 6.04. The molecule has 4 rings (SSSR count). The molecule has 2 nitrogen and oxygen atoms in total. The van der Waals surface area contributed by atoms with Crippen LogP contribution in [-0.2, 0) is 9.53 Å². The van der Waals surface area contributed by atoms with Crippen molar-refractivity contribution in [3.63, 3.8) is 0 Å². The molecule has 0 aromatic heterocycles. The first-order valence-electron chi connectivity index (χ1n) is 8.44. The minimum absolute atomic E-state index is 0.0784. The molecule has 6 atom stereocenters. The van der Waals surface area contributed by atoms with E-state index in [1.54, 1.807) is 0 Å². The predicted octanol–water partition coefficient (Wildman–Crippen LogP) is 3.96. The van der Waals surface area contributed by atoms with Crippen molar-refractivity contribution < 1.29 is 9.53 Å². The molecule has 0 N–H and O–H groups in total. The number of carbonyl (C=O) groups excluding carboxylic acids is 1. The summed E-state index contributed by atoms with van der Waals surface area (Å²) in [6.07, 6.45) is 12.1. The molecule has 2 heteroatoms. The number of fused-ring (bicyclic) bond motifs is 4. The van der Waals surface area contributed by atoms with Crippen LogP contribution in [0.2, 0.25) is 0 Å². The number of hydrogen-bond acceptors (Lipinski definition) is 2. The topological polar surface area (TPSA) is 26.3 Å². The summed E-state index contributed by atoms with van der Waals surface area (Å²) in [6.45, 7) is 4.30. The van der Waals surface area contributed by atoms with Gasteiger partial charge in [0.05, 0.1) is 5.92 Å². The maximum Gasteiger partial charge on any atom is 0.310 e. The summed E-state index contributed by atoms with van der Waals surface area (Å²) in [7, 11) is 0. The zero-order chi connectivity index (χ0) is 13.9. The molecule has 0 aromatic carbocycles. The van der Waals surface area contributed by atoms with Crippen LogP contribution in [0, 0.1) is 35.5 Å². The van der Waals surface area contributed by atoms with E-state index in [9.17, 15) is 4.79 Å². The van der Waals surface area contributed by atoms with Crippen molar-refractivity contribution in [2.45, 2.75) is 58.0 Å². The summed E-state index contributed by atoms with van der Waals surface area (Å²) in [5.74, 6) is 3.64. The summed E-state index contributed by atoms with van der Waals surface area (Å²) in [5.41, 5.74) is -0.261. The van der Waals surface area contributed by atoms with Gasteiger partial charge in [-0.1, -0.05) is 18.6 Å². The number of esters is 1. The van der Waals surface area contributed by atoms with Gasteiger partial charge in [-0.15, -0.1) is 0 Å².